The number of allylic oxidation sites excluding steroid dienone is 3. The summed E-state index contributed by atoms with van der Waals surface area (Å²) in [7, 11) is 0. The van der Waals surface area contributed by atoms with Gasteiger partial charge in [-0.25, -0.2) is 8.78 Å². The van der Waals surface area contributed by atoms with Gasteiger partial charge >= 0.3 is 0 Å². The Bertz CT molecular complexity index is 208. The van der Waals surface area contributed by atoms with Crippen LogP contribution in [0.5, 0.6) is 0 Å². The topological polar surface area (TPSA) is 0 Å². The molecule has 0 aliphatic carbocycles. The van der Waals surface area contributed by atoms with Crippen molar-refractivity contribution in [3.8, 4) is 0 Å². The predicted octanol–water partition coefficient (Wildman–Crippen LogP) is 2.87. The molecule has 1 aliphatic heterocycles. The van der Waals surface area contributed by atoms with Gasteiger partial charge in [0.15, 0.2) is 0 Å². The number of alkyl halides is 2. The third kappa shape index (κ3) is 1.97. The van der Waals surface area contributed by atoms with Crippen molar-refractivity contribution in [2.75, 3.05) is 0 Å². The minimum absolute atomic E-state index is 0.0761. The van der Waals surface area contributed by atoms with Gasteiger partial charge in [-0.2, -0.15) is 0 Å². The van der Waals surface area contributed by atoms with Crippen molar-refractivity contribution in [1.29, 1.82) is 0 Å². The van der Waals surface area contributed by atoms with E-state index in [-0.39, 0.29) is 26.3 Å². The molecule has 3 heteroatoms. The lowest BCUT2D eigenvalue weighted by Crippen LogP contribution is -2.12. The first kappa shape index (κ1) is 8.04. The molecule has 1 rings (SSSR count). The van der Waals surface area contributed by atoms with E-state index < -0.39 is 5.92 Å². The Morgan fingerprint density at radius 2 is 2.20 bits per heavy atom. The third-order valence-electron chi connectivity index (χ3n) is 1.14. The van der Waals surface area contributed by atoms with Gasteiger partial charge in [-0.05, 0) is 20.2 Å². The molecule has 0 aromatic heterocycles. The van der Waals surface area contributed by atoms with Crippen LogP contribution in [0.3, 0.4) is 0 Å². The Balaban J connectivity index is 2.85. The summed E-state index contributed by atoms with van der Waals surface area (Å²) in [5.41, 5.74) is 0.124. The monoisotopic (exact) mass is 256 g/mol. The summed E-state index contributed by atoms with van der Waals surface area (Å²) in [4.78, 5) is 0. The van der Waals surface area contributed by atoms with Crippen molar-refractivity contribution in [1.82, 2.24) is 0 Å². The summed E-state index contributed by atoms with van der Waals surface area (Å²) in [6, 6.07) is 0. The van der Waals surface area contributed by atoms with Gasteiger partial charge < -0.3 is 0 Å². The molecule has 0 saturated heterocycles. The molecule has 0 spiro atoms. The molecule has 0 aromatic carbocycles. The highest BCUT2D eigenvalue weighted by Gasteiger charge is 2.24. The average molecular weight is 256 g/mol. The van der Waals surface area contributed by atoms with Gasteiger partial charge in [-0.15, -0.1) is 0 Å². The van der Waals surface area contributed by atoms with Gasteiger partial charge in [0.25, 0.3) is 5.92 Å². The van der Waals surface area contributed by atoms with Crippen LogP contribution in [0.2, 0.25) is 0 Å². The second-order valence-corrected chi connectivity index (χ2v) is 4.21. The molecule has 0 atom stereocenters. The second-order valence-electron chi connectivity index (χ2n) is 2.06. The van der Waals surface area contributed by atoms with Crippen molar-refractivity contribution >= 4 is 24.7 Å². The Kier molecular flexibility index (Phi) is 2.33. The molecule has 0 bridgehead atoms. The molecule has 0 amide bonds. The van der Waals surface area contributed by atoms with Gasteiger partial charge in [0, 0.05) is 12.5 Å². The highest BCUT2D eigenvalue weighted by Crippen LogP contribution is 2.26. The Morgan fingerprint density at radius 1 is 1.50 bits per heavy atom. The van der Waals surface area contributed by atoms with Crippen molar-refractivity contribution in [3.63, 3.8) is 0 Å². The van der Waals surface area contributed by atoms with Gasteiger partial charge in [-0.1, -0.05) is 20.7 Å². The van der Waals surface area contributed by atoms with E-state index in [0.29, 0.717) is 0 Å². The van der Waals surface area contributed by atoms with Crippen LogP contribution in [0.1, 0.15) is 6.92 Å². The van der Waals surface area contributed by atoms with Gasteiger partial charge in [0.2, 0.25) is 0 Å². The van der Waals surface area contributed by atoms with Crippen molar-refractivity contribution in [3.05, 3.63) is 21.8 Å². The first-order chi connectivity index (χ1) is 4.61. The highest BCUT2D eigenvalue weighted by molar-refractivity contribution is 14.2. The molecule has 0 radical (unpaired) electrons. The van der Waals surface area contributed by atoms with E-state index in [1.54, 1.807) is 0 Å². The van der Waals surface area contributed by atoms with Gasteiger partial charge in [0.05, 0.1) is 0 Å². The van der Waals surface area contributed by atoms with Crippen LogP contribution in [0.4, 0.5) is 8.78 Å². The number of halogens is 3. The van der Waals surface area contributed by atoms with Crippen molar-refractivity contribution in [2.24, 2.45) is 0 Å². The maximum atomic E-state index is 12.5. The average Bonchev–Trinajstić information content (AvgIpc) is 1.88. The number of rotatable bonds is 1. The van der Waals surface area contributed by atoms with E-state index in [1.165, 1.54) is 12.2 Å². The first-order valence-corrected chi connectivity index (χ1v) is 5.30. The minimum atomic E-state index is -2.67. The summed E-state index contributed by atoms with van der Waals surface area (Å²) in [6.45, 7) is 0.917. The van der Waals surface area contributed by atoms with E-state index in [2.05, 4.69) is 0 Å². The zero-order valence-electron chi connectivity index (χ0n) is 5.44. The normalized spacial score (nSPS) is 18.1. The summed E-state index contributed by atoms with van der Waals surface area (Å²) < 4.78 is 28.6. The molecular weight excluding hydrogens is 249 g/mol. The molecule has 0 saturated carbocycles. The lowest BCUT2D eigenvalue weighted by Gasteiger charge is -2.11. The molecule has 0 fully saturated rings. The molecular formula is C7H7F2I. The third-order valence-corrected chi connectivity index (χ3v) is 2.69. The van der Waals surface area contributed by atoms with Crippen LogP contribution >= 0.6 is 20.7 Å². The summed E-state index contributed by atoms with van der Waals surface area (Å²) in [5.74, 6) is -2.67. The van der Waals surface area contributed by atoms with E-state index >= 15 is 0 Å². The van der Waals surface area contributed by atoms with Crippen molar-refractivity contribution in [2.45, 2.75) is 12.8 Å². The zero-order valence-corrected chi connectivity index (χ0v) is 7.60. The fraction of sp³-hybridized carbons (Fsp3) is 0.286. The van der Waals surface area contributed by atoms with Crippen molar-refractivity contribution < 1.29 is 8.78 Å². The van der Waals surface area contributed by atoms with Crippen LogP contribution in [0.25, 0.3) is 0 Å². The number of hydrogen-bond donors (Lipinski definition) is 0. The van der Waals surface area contributed by atoms with E-state index in [4.69, 9.17) is 0 Å². The number of hydrogen-bond acceptors (Lipinski definition) is 0. The van der Waals surface area contributed by atoms with E-state index in [9.17, 15) is 8.78 Å². The largest absolute Gasteiger partial charge is 0.270 e. The van der Waals surface area contributed by atoms with E-state index in [0.717, 1.165) is 6.92 Å². The standard InChI is InChI=1S/C7H7F2I/c1-7(8,9)6-2-4-10-5-3-6/h2-5H,1H3. The molecule has 1 aliphatic rings. The minimum Gasteiger partial charge on any atom is -0.202 e. The summed E-state index contributed by atoms with van der Waals surface area (Å²) >= 11 is -0.0761. The quantitative estimate of drug-likeness (QED) is 0.633. The van der Waals surface area contributed by atoms with Crippen LogP contribution in [0, 0.1) is 0 Å². The summed E-state index contributed by atoms with van der Waals surface area (Å²) in [5, 5.41) is 0. The predicted molar refractivity (Wildman–Crippen MR) is 47.9 cm³/mol. The van der Waals surface area contributed by atoms with Gasteiger partial charge in [0.1, 0.15) is 0 Å². The Labute approximate surface area is 68.4 Å². The van der Waals surface area contributed by atoms with E-state index in [1.807, 2.05) is 8.09 Å². The smallest absolute Gasteiger partial charge is 0.202 e. The van der Waals surface area contributed by atoms with Crippen LogP contribution in [0.15, 0.2) is 21.8 Å². The molecule has 1 heterocycles. The fourth-order valence-corrected chi connectivity index (χ4v) is 2.03. The summed E-state index contributed by atoms with van der Waals surface area (Å²) in [6.07, 6.45) is 3.04. The van der Waals surface area contributed by atoms with Crippen LogP contribution < -0.4 is 0 Å². The molecule has 10 heavy (non-hydrogen) atoms. The molecule has 0 N–H and O–H groups in total. The lowest BCUT2D eigenvalue weighted by molar-refractivity contribution is 0.0677. The molecule has 56 valence electrons. The SMILES string of the molecule is CC(F)(F)C1=CC=IC=C1. The molecule has 0 unspecified atom stereocenters. The second kappa shape index (κ2) is 2.90. The van der Waals surface area contributed by atoms with Gasteiger partial charge in [-0.3, -0.25) is 0 Å². The molecule has 0 nitrogen and oxygen atoms in total. The first-order valence-electron chi connectivity index (χ1n) is 2.81. The Hall–Kier alpha value is -0.0600. The molecule has 0 aromatic rings. The highest BCUT2D eigenvalue weighted by atomic mass is 127. The van der Waals surface area contributed by atoms with Crippen LogP contribution in [-0.2, 0) is 0 Å². The maximum Gasteiger partial charge on any atom is 0.270 e. The fourth-order valence-electron chi connectivity index (χ4n) is 0.599. The van der Waals surface area contributed by atoms with Crippen LogP contribution in [-0.4, -0.2) is 9.93 Å². The Morgan fingerprint density at radius 3 is 2.50 bits per heavy atom. The lowest BCUT2D eigenvalue weighted by atomic mass is 10.1. The maximum absolute atomic E-state index is 12.5. The zero-order chi connectivity index (χ0) is 7.61.